The van der Waals surface area contributed by atoms with Gasteiger partial charge in [0.05, 0.1) is 14.2 Å². The van der Waals surface area contributed by atoms with Crippen molar-refractivity contribution in [2.24, 2.45) is 0 Å². The summed E-state index contributed by atoms with van der Waals surface area (Å²) in [4.78, 5) is 12.2. The summed E-state index contributed by atoms with van der Waals surface area (Å²) >= 11 is 3.49. The Kier molecular flexibility index (Phi) is 7.75. The Balaban J connectivity index is 1.87. The fraction of sp³-hybridized carbons (Fsp3) is 0.409. The summed E-state index contributed by atoms with van der Waals surface area (Å²) in [5.41, 5.74) is 2.03. The van der Waals surface area contributed by atoms with Crippen molar-refractivity contribution in [3.8, 4) is 17.2 Å². The van der Waals surface area contributed by atoms with E-state index >= 15 is 0 Å². The van der Waals surface area contributed by atoms with Gasteiger partial charge < -0.3 is 19.5 Å². The topological polar surface area (TPSA) is 56.8 Å². The molecule has 0 spiro atoms. The second-order valence-electron chi connectivity index (χ2n) is 7.47. The molecule has 0 atom stereocenters. The molecule has 1 N–H and O–H groups in total. The van der Waals surface area contributed by atoms with Crippen LogP contribution in [0.15, 0.2) is 40.9 Å². The largest absolute Gasteiger partial charge is 0.493 e. The van der Waals surface area contributed by atoms with Crippen LogP contribution in [0.3, 0.4) is 0 Å². The smallest absolute Gasteiger partial charge is 0.257 e. The first kappa shape index (κ1) is 22.1. The molecule has 2 aromatic rings. The number of hydrogen-bond donors (Lipinski definition) is 1. The van der Waals surface area contributed by atoms with Gasteiger partial charge in [0.15, 0.2) is 18.1 Å². The maximum atomic E-state index is 12.2. The highest BCUT2D eigenvalue weighted by atomic mass is 79.9. The van der Waals surface area contributed by atoms with E-state index in [9.17, 15) is 4.79 Å². The number of carbonyl (C=O) groups is 1. The number of hydrogen-bond acceptors (Lipinski definition) is 4. The van der Waals surface area contributed by atoms with Crippen molar-refractivity contribution in [1.82, 2.24) is 5.32 Å². The summed E-state index contributed by atoms with van der Waals surface area (Å²) in [7, 11) is 3.21. The molecule has 2 aromatic carbocycles. The molecule has 0 aliphatic rings. The maximum absolute atomic E-state index is 12.2. The molecule has 0 aliphatic heterocycles. The number of nitrogens with one attached hydrogen (secondary N) is 1. The minimum absolute atomic E-state index is 0.0172. The predicted molar refractivity (Wildman–Crippen MR) is 115 cm³/mol. The van der Waals surface area contributed by atoms with Gasteiger partial charge in [0.1, 0.15) is 5.75 Å². The van der Waals surface area contributed by atoms with Gasteiger partial charge in [-0.1, -0.05) is 42.8 Å². The number of methoxy groups -OCH3 is 2. The first-order chi connectivity index (χ1) is 13.2. The van der Waals surface area contributed by atoms with E-state index in [1.54, 1.807) is 14.2 Å². The zero-order valence-corrected chi connectivity index (χ0v) is 18.7. The van der Waals surface area contributed by atoms with Crippen LogP contribution in [0, 0.1) is 0 Å². The zero-order valence-electron chi connectivity index (χ0n) is 17.1. The Morgan fingerprint density at radius 2 is 1.68 bits per heavy atom. The Hall–Kier alpha value is -2.21. The number of carbonyl (C=O) groups excluding carboxylic acids is 1. The molecule has 0 bridgehead atoms. The molecule has 0 aromatic heterocycles. The van der Waals surface area contributed by atoms with E-state index in [1.807, 2.05) is 36.4 Å². The molecular formula is C22H28BrNO4. The van der Waals surface area contributed by atoms with Crippen molar-refractivity contribution in [1.29, 1.82) is 0 Å². The Morgan fingerprint density at radius 3 is 2.32 bits per heavy atom. The maximum Gasteiger partial charge on any atom is 0.257 e. The lowest BCUT2D eigenvalue weighted by atomic mass is 9.86. The molecule has 0 unspecified atom stereocenters. The molecule has 152 valence electrons. The zero-order chi connectivity index (χ0) is 20.7. The molecule has 0 aliphatic carbocycles. The van der Waals surface area contributed by atoms with Gasteiger partial charge in [-0.3, -0.25) is 4.79 Å². The van der Waals surface area contributed by atoms with Crippen LogP contribution in [0.5, 0.6) is 17.2 Å². The fourth-order valence-corrected chi connectivity index (χ4v) is 3.15. The second kappa shape index (κ2) is 9.82. The highest BCUT2D eigenvalue weighted by Gasteiger charge is 2.20. The standard InChI is InChI=1S/C22H28BrNO4/c1-22(2,3)17-13-16(23)7-9-18(17)28-14-21(25)24-11-10-15-6-8-19(26-4)20(12-15)27-5/h6-9,12-13H,10-11,14H2,1-5H3,(H,24,25). The summed E-state index contributed by atoms with van der Waals surface area (Å²) in [5.74, 6) is 1.95. The molecule has 6 heteroatoms. The SMILES string of the molecule is COc1ccc(CCNC(=O)COc2ccc(Br)cc2C(C)(C)C)cc1OC. The molecular weight excluding hydrogens is 422 g/mol. The molecule has 5 nitrogen and oxygen atoms in total. The van der Waals surface area contributed by atoms with E-state index in [-0.39, 0.29) is 17.9 Å². The average molecular weight is 450 g/mol. The van der Waals surface area contributed by atoms with Gasteiger partial charge in [-0.05, 0) is 47.7 Å². The molecule has 0 heterocycles. The monoisotopic (exact) mass is 449 g/mol. The van der Waals surface area contributed by atoms with Gasteiger partial charge in [-0.2, -0.15) is 0 Å². The summed E-state index contributed by atoms with van der Waals surface area (Å²) in [6.45, 7) is 6.85. The molecule has 0 saturated heterocycles. The van der Waals surface area contributed by atoms with Gasteiger partial charge in [-0.15, -0.1) is 0 Å². The average Bonchev–Trinajstić information content (AvgIpc) is 2.66. The van der Waals surface area contributed by atoms with Gasteiger partial charge in [0.2, 0.25) is 0 Å². The Morgan fingerprint density at radius 1 is 1.00 bits per heavy atom. The minimum atomic E-state index is -0.150. The van der Waals surface area contributed by atoms with Crippen molar-refractivity contribution >= 4 is 21.8 Å². The quantitative estimate of drug-likeness (QED) is 0.644. The molecule has 2 rings (SSSR count). The summed E-state index contributed by atoms with van der Waals surface area (Å²) in [6, 6.07) is 11.6. The molecule has 0 saturated carbocycles. The highest BCUT2D eigenvalue weighted by molar-refractivity contribution is 9.10. The van der Waals surface area contributed by atoms with E-state index in [0.29, 0.717) is 24.5 Å². The van der Waals surface area contributed by atoms with Crippen molar-refractivity contribution in [3.05, 3.63) is 52.0 Å². The van der Waals surface area contributed by atoms with Crippen molar-refractivity contribution in [3.63, 3.8) is 0 Å². The summed E-state index contributed by atoms with van der Waals surface area (Å²) in [5, 5.41) is 2.89. The lowest BCUT2D eigenvalue weighted by molar-refractivity contribution is -0.123. The number of halogens is 1. The van der Waals surface area contributed by atoms with Crippen molar-refractivity contribution in [2.45, 2.75) is 32.6 Å². The van der Waals surface area contributed by atoms with Crippen LogP contribution < -0.4 is 19.5 Å². The van der Waals surface area contributed by atoms with Gasteiger partial charge in [0.25, 0.3) is 5.91 Å². The van der Waals surface area contributed by atoms with E-state index in [0.717, 1.165) is 21.3 Å². The normalized spacial score (nSPS) is 11.1. The van der Waals surface area contributed by atoms with E-state index in [2.05, 4.69) is 42.0 Å². The summed E-state index contributed by atoms with van der Waals surface area (Å²) in [6.07, 6.45) is 0.692. The lowest BCUT2D eigenvalue weighted by Crippen LogP contribution is -2.31. The Bertz CT molecular complexity index is 815. The van der Waals surface area contributed by atoms with Crippen LogP contribution in [-0.4, -0.2) is 33.3 Å². The van der Waals surface area contributed by atoms with Gasteiger partial charge >= 0.3 is 0 Å². The third kappa shape index (κ3) is 6.16. The second-order valence-corrected chi connectivity index (χ2v) is 8.38. The van der Waals surface area contributed by atoms with Crippen LogP contribution in [-0.2, 0) is 16.6 Å². The van der Waals surface area contributed by atoms with E-state index in [1.165, 1.54) is 0 Å². The van der Waals surface area contributed by atoms with E-state index < -0.39 is 0 Å². The number of rotatable bonds is 8. The molecule has 0 fully saturated rings. The third-order valence-electron chi connectivity index (χ3n) is 4.29. The first-order valence-corrected chi connectivity index (χ1v) is 9.94. The predicted octanol–water partition coefficient (Wildman–Crippen LogP) is 4.50. The van der Waals surface area contributed by atoms with Crippen LogP contribution in [0.2, 0.25) is 0 Å². The third-order valence-corrected chi connectivity index (χ3v) is 4.79. The number of ether oxygens (including phenoxy) is 3. The van der Waals surface area contributed by atoms with Crippen molar-refractivity contribution in [2.75, 3.05) is 27.4 Å². The van der Waals surface area contributed by atoms with Crippen LogP contribution in [0.25, 0.3) is 0 Å². The molecule has 0 radical (unpaired) electrons. The first-order valence-electron chi connectivity index (χ1n) is 9.15. The minimum Gasteiger partial charge on any atom is -0.493 e. The lowest BCUT2D eigenvalue weighted by Gasteiger charge is -2.23. The van der Waals surface area contributed by atoms with Crippen LogP contribution in [0.1, 0.15) is 31.9 Å². The fourth-order valence-electron chi connectivity index (χ4n) is 2.79. The number of amides is 1. The van der Waals surface area contributed by atoms with Crippen LogP contribution >= 0.6 is 15.9 Å². The molecule has 1 amide bonds. The van der Waals surface area contributed by atoms with Gasteiger partial charge in [-0.25, -0.2) is 0 Å². The molecule has 28 heavy (non-hydrogen) atoms. The van der Waals surface area contributed by atoms with E-state index in [4.69, 9.17) is 14.2 Å². The van der Waals surface area contributed by atoms with Gasteiger partial charge in [0, 0.05) is 16.6 Å². The van der Waals surface area contributed by atoms with Crippen molar-refractivity contribution < 1.29 is 19.0 Å². The summed E-state index contributed by atoms with van der Waals surface area (Å²) < 4.78 is 17.3. The van der Waals surface area contributed by atoms with Crippen LogP contribution in [0.4, 0.5) is 0 Å². The number of benzene rings is 2. The highest BCUT2D eigenvalue weighted by Crippen LogP contribution is 2.33. The Labute approximate surface area is 175 Å².